The average Bonchev–Trinajstić information content (AvgIpc) is 2.12. The summed E-state index contributed by atoms with van der Waals surface area (Å²) in [6, 6.07) is 0. The molecule has 1 aliphatic rings. The molecule has 0 aromatic rings. The maximum Gasteiger partial charge on any atom is 0.0632 e. The highest BCUT2D eigenvalue weighted by Crippen LogP contribution is 2.47. The molecule has 0 aromatic heterocycles. The molecule has 1 saturated heterocycles. The van der Waals surface area contributed by atoms with Crippen molar-refractivity contribution in [3.8, 4) is 0 Å². The third-order valence-electron chi connectivity index (χ3n) is 4.61. The second-order valence-electron chi connectivity index (χ2n) is 6.70. The summed E-state index contributed by atoms with van der Waals surface area (Å²) in [7, 11) is 0. The molecule has 1 heteroatoms. The fourth-order valence-corrected chi connectivity index (χ4v) is 2.58. The SMILES string of the molecule is CCC1(C)CC(C(C)(C)C)O[C@H](C)C1C. The van der Waals surface area contributed by atoms with E-state index in [9.17, 15) is 0 Å². The van der Waals surface area contributed by atoms with E-state index in [1.807, 2.05) is 0 Å². The van der Waals surface area contributed by atoms with Crippen molar-refractivity contribution in [2.45, 2.75) is 73.5 Å². The van der Waals surface area contributed by atoms with Crippen LogP contribution in [0.1, 0.15) is 61.3 Å². The van der Waals surface area contributed by atoms with Gasteiger partial charge in [-0.2, -0.15) is 0 Å². The molecule has 0 amide bonds. The molecule has 1 nitrogen and oxygen atoms in total. The van der Waals surface area contributed by atoms with Gasteiger partial charge in [0.25, 0.3) is 0 Å². The molecule has 0 N–H and O–H groups in total. The Balaban J connectivity index is 2.85. The summed E-state index contributed by atoms with van der Waals surface area (Å²) in [5, 5.41) is 0. The summed E-state index contributed by atoms with van der Waals surface area (Å²) in [4.78, 5) is 0. The predicted octanol–water partition coefficient (Wildman–Crippen LogP) is 4.26. The molecular formula is C14H28O. The number of hydrogen-bond acceptors (Lipinski definition) is 1. The molecule has 90 valence electrons. The highest BCUT2D eigenvalue weighted by atomic mass is 16.5. The van der Waals surface area contributed by atoms with Gasteiger partial charge in [-0.05, 0) is 30.1 Å². The zero-order chi connectivity index (χ0) is 11.9. The minimum absolute atomic E-state index is 0.269. The highest BCUT2D eigenvalue weighted by Gasteiger charge is 2.44. The first kappa shape index (κ1) is 13.0. The van der Waals surface area contributed by atoms with E-state index in [2.05, 4.69) is 48.5 Å². The molecule has 0 aromatic carbocycles. The van der Waals surface area contributed by atoms with Crippen LogP contribution in [0, 0.1) is 16.7 Å². The second kappa shape index (κ2) is 4.08. The predicted molar refractivity (Wildman–Crippen MR) is 66.0 cm³/mol. The van der Waals surface area contributed by atoms with Crippen molar-refractivity contribution in [2.75, 3.05) is 0 Å². The van der Waals surface area contributed by atoms with Crippen LogP contribution in [-0.4, -0.2) is 12.2 Å². The van der Waals surface area contributed by atoms with E-state index in [0.29, 0.717) is 23.5 Å². The third-order valence-corrected chi connectivity index (χ3v) is 4.61. The smallest absolute Gasteiger partial charge is 0.0632 e. The van der Waals surface area contributed by atoms with Gasteiger partial charge < -0.3 is 4.74 Å². The van der Waals surface area contributed by atoms with Crippen LogP contribution in [0.25, 0.3) is 0 Å². The average molecular weight is 212 g/mol. The monoisotopic (exact) mass is 212 g/mol. The lowest BCUT2D eigenvalue weighted by Crippen LogP contribution is -2.48. The molecule has 4 atom stereocenters. The first-order valence-electron chi connectivity index (χ1n) is 6.36. The van der Waals surface area contributed by atoms with Gasteiger partial charge in [0.05, 0.1) is 12.2 Å². The van der Waals surface area contributed by atoms with Crippen LogP contribution < -0.4 is 0 Å². The first-order valence-corrected chi connectivity index (χ1v) is 6.36. The topological polar surface area (TPSA) is 9.23 Å². The fourth-order valence-electron chi connectivity index (χ4n) is 2.58. The Morgan fingerprint density at radius 2 is 1.80 bits per heavy atom. The lowest BCUT2D eigenvalue weighted by molar-refractivity contribution is -0.164. The normalized spacial score (nSPS) is 43.0. The minimum Gasteiger partial charge on any atom is -0.374 e. The van der Waals surface area contributed by atoms with Gasteiger partial charge in [0.2, 0.25) is 0 Å². The molecule has 1 fully saturated rings. The lowest BCUT2D eigenvalue weighted by atomic mass is 9.65. The van der Waals surface area contributed by atoms with E-state index in [1.54, 1.807) is 0 Å². The van der Waals surface area contributed by atoms with Crippen LogP contribution in [0.4, 0.5) is 0 Å². The number of hydrogen-bond donors (Lipinski definition) is 0. The van der Waals surface area contributed by atoms with Gasteiger partial charge in [0.1, 0.15) is 0 Å². The van der Waals surface area contributed by atoms with Crippen molar-refractivity contribution in [3.63, 3.8) is 0 Å². The Hall–Kier alpha value is -0.0400. The molecule has 0 saturated carbocycles. The van der Waals surface area contributed by atoms with Gasteiger partial charge in [-0.1, -0.05) is 48.0 Å². The summed E-state index contributed by atoms with van der Waals surface area (Å²) in [6.45, 7) is 16.2. The molecule has 0 bridgehead atoms. The largest absolute Gasteiger partial charge is 0.374 e. The molecule has 1 aliphatic heterocycles. The molecule has 0 radical (unpaired) electrons. The molecule has 0 aliphatic carbocycles. The number of rotatable bonds is 1. The van der Waals surface area contributed by atoms with Gasteiger partial charge in [-0.3, -0.25) is 0 Å². The maximum atomic E-state index is 6.16. The molecule has 15 heavy (non-hydrogen) atoms. The lowest BCUT2D eigenvalue weighted by Gasteiger charge is -2.50. The van der Waals surface area contributed by atoms with Crippen molar-refractivity contribution in [1.29, 1.82) is 0 Å². The summed E-state index contributed by atoms with van der Waals surface area (Å²) >= 11 is 0. The van der Waals surface area contributed by atoms with Crippen molar-refractivity contribution in [1.82, 2.24) is 0 Å². The van der Waals surface area contributed by atoms with Gasteiger partial charge in [-0.15, -0.1) is 0 Å². The second-order valence-corrected chi connectivity index (χ2v) is 6.70. The van der Waals surface area contributed by atoms with Crippen molar-refractivity contribution < 1.29 is 4.74 Å². The number of ether oxygens (including phenoxy) is 1. The van der Waals surface area contributed by atoms with Crippen molar-refractivity contribution in [2.24, 2.45) is 16.7 Å². The summed E-state index contributed by atoms with van der Waals surface area (Å²) in [5.41, 5.74) is 0.723. The van der Waals surface area contributed by atoms with E-state index in [1.165, 1.54) is 12.8 Å². The van der Waals surface area contributed by atoms with Crippen molar-refractivity contribution >= 4 is 0 Å². The molecule has 3 unspecified atom stereocenters. The van der Waals surface area contributed by atoms with Gasteiger partial charge in [0.15, 0.2) is 0 Å². The van der Waals surface area contributed by atoms with Crippen LogP contribution in [0.15, 0.2) is 0 Å². The Labute approximate surface area is 95.6 Å². The van der Waals surface area contributed by atoms with Gasteiger partial charge in [0, 0.05) is 0 Å². The zero-order valence-electron chi connectivity index (χ0n) is 11.6. The highest BCUT2D eigenvalue weighted by molar-refractivity contribution is 4.93. The Morgan fingerprint density at radius 1 is 1.27 bits per heavy atom. The summed E-state index contributed by atoms with van der Waals surface area (Å²) in [6.07, 6.45) is 3.27. The standard InChI is InChI=1S/C14H28O/c1-8-14(7)9-12(13(4,5)6)15-11(3)10(14)2/h10-12H,8-9H2,1-7H3/t10?,11-,12?,14?/m1/s1. The Morgan fingerprint density at radius 3 is 2.20 bits per heavy atom. The first-order chi connectivity index (χ1) is 6.70. The maximum absolute atomic E-state index is 6.16. The van der Waals surface area contributed by atoms with Gasteiger partial charge >= 0.3 is 0 Å². The third kappa shape index (κ3) is 2.55. The van der Waals surface area contributed by atoms with E-state index >= 15 is 0 Å². The van der Waals surface area contributed by atoms with Crippen LogP contribution in [-0.2, 0) is 4.74 Å². The van der Waals surface area contributed by atoms with Crippen LogP contribution in [0.3, 0.4) is 0 Å². The quantitative estimate of drug-likeness (QED) is 0.631. The molecule has 1 rings (SSSR count). The Bertz CT molecular complexity index is 216. The summed E-state index contributed by atoms with van der Waals surface area (Å²) in [5.74, 6) is 0.668. The summed E-state index contributed by atoms with van der Waals surface area (Å²) < 4.78 is 6.16. The van der Waals surface area contributed by atoms with Crippen LogP contribution >= 0.6 is 0 Å². The fraction of sp³-hybridized carbons (Fsp3) is 1.00. The zero-order valence-corrected chi connectivity index (χ0v) is 11.6. The van der Waals surface area contributed by atoms with E-state index in [0.717, 1.165) is 0 Å². The minimum atomic E-state index is 0.269. The Kier molecular flexibility index (Phi) is 3.55. The molecular weight excluding hydrogens is 184 g/mol. The van der Waals surface area contributed by atoms with Crippen LogP contribution in [0.5, 0.6) is 0 Å². The van der Waals surface area contributed by atoms with E-state index < -0.39 is 0 Å². The molecule has 1 heterocycles. The van der Waals surface area contributed by atoms with E-state index in [4.69, 9.17) is 4.74 Å². The van der Waals surface area contributed by atoms with E-state index in [-0.39, 0.29) is 5.41 Å². The van der Waals surface area contributed by atoms with Crippen LogP contribution in [0.2, 0.25) is 0 Å². The van der Waals surface area contributed by atoms with Gasteiger partial charge in [-0.25, -0.2) is 0 Å². The molecule has 0 spiro atoms. The van der Waals surface area contributed by atoms with Crippen molar-refractivity contribution in [3.05, 3.63) is 0 Å².